The normalized spacial score (nSPS) is 11.8. The van der Waals surface area contributed by atoms with E-state index in [1.54, 1.807) is 48.5 Å². The molecule has 0 unspecified atom stereocenters. The third kappa shape index (κ3) is 5.65. The van der Waals surface area contributed by atoms with E-state index in [1.807, 2.05) is 126 Å². The second-order valence-electron chi connectivity index (χ2n) is 14.7. The summed E-state index contributed by atoms with van der Waals surface area (Å²) in [4.78, 5) is 39.3. The molecular weight excluding hydrogens is 765 g/mol. The molecule has 8 nitrogen and oxygen atoms in total. The molecule has 1 aliphatic rings. The largest absolute Gasteiger partial charge is 0.307 e. The van der Waals surface area contributed by atoms with E-state index >= 15 is 9.59 Å². The summed E-state index contributed by atoms with van der Waals surface area (Å²) in [5.41, 5.74) is 9.43. The van der Waals surface area contributed by atoms with E-state index < -0.39 is 11.8 Å². The van der Waals surface area contributed by atoms with Crippen LogP contribution in [-0.2, 0) is 0 Å². The number of hydrogen-bond acceptors (Lipinski definition) is 4. The molecule has 62 heavy (non-hydrogen) atoms. The number of rotatable bonds is 6. The number of amides is 2. The molecule has 0 aliphatic carbocycles. The van der Waals surface area contributed by atoms with Gasteiger partial charge in [0.2, 0.25) is 0 Å². The standard InChI is InChI=1S/C54H28N6O2/c1-57-37-26-28-41(47(30-37)58-2)43-20-11-22-45-44-21-10-19-42(38-27-25-33(31-55)29-36(38)32-56)51(44)59(52(43)45)48-24-12-23-46-49(48)54(62)60(53(46)61)50-39(34-13-5-3-6-14-34)17-9-18-40(50)35-15-7-4-8-16-35/h3-30H. The van der Waals surface area contributed by atoms with Crippen LogP contribution in [0.2, 0.25) is 0 Å². The zero-order chi connectivity index (χ0) is 42.5. The maximum absolute atomic E-state index is 15.6. The van der Waals surface area contributed by atoms with Gasteiger partial charge in [-0.05, 0) is 46.5 Å². The topological polar surface area (TPSA) is 98.6 Å². The molecule has 10 rings (SSSR count). The lowest BCUT2D eigenvalue weighted by Gasteiger charge is -2.23. The van der Waals surface area contributed by atoms with E-state index in [-0.39, 0.29) is 16.8 Å². The van der Waals surface area contributed by atoms with Gasteiger partial charge in [0.25, 0.3) is 11.8 Å². The van der Waals surface area contributed by atoms with E-state index in [4.69, 9.17) is 13.1 Å². The van der Waals surface area contributed by atoms with Crippen LogP contribution in [0, 0.1) is 35.8 Å². The number of anilines is 1. The molecule has 1 aromatic heterocycles. The third-order valence-electron chi connectivity index (χ3n) is 11.5. The number of hydrogen-bond donors (Lipinski definition) is 0. The summed E-state index contributed by atoms with van der Waals surface area (Å²) in [7, 11) is 0. The summed E-state index contributed by atoms with van der Waals surface area (Å²) < 4.78 is 1.97. The first-order chi connectivity index (χ1) is 30.4. The maximum atomic E-state index is 15.6. The fraction of sp³-hybridized carbons (Fsp3) is 0. The number of nitrogens with zero attached hydrogens (tertiary/aromatic N) is 6. The van der Waals surface area contributed by atoms with Crippen molar-refractivity contribution in [2.24, 2.45) is 0 Å². The van der Waals surface area contributed by atoms with Crippen molar-refractivity contribution in [2.75, 3.05) is 4.90 Å². The number of carbonyl (C=O) groups excluding carboxylic acids is 2. The number of para-hydroxylation sites is 3. The molecule has 286 valence electrons. The summed E-state index contributed by atoms with van der Waals surface area (Å²) in [6, 6.07) is 56.4. The lowest BCUT2D eigenvalue weighted by Crippen LogP contribution is -2.30. The molecule has 0 fully saturated rings. The van der Waals surface area contributed by atoms with Crippen molar-refractivity contribution < 1.29 is 9.59 Å². The first-order valence-electron chi connectivity index (χ1n) is 19.6. The van der Waals surface area contributed by atoms with Crippen LogP contribution in [0.25, 0.3) is 81.7 Å². The van der Waals surface area contributed by atoms with Gasteiger partial charge in [-0.25, -0.2) is 14.6 Å². The van der Waals surface area contributed by atoms with E-state index in [9.17, 15) is 10.5 Å². The van der Waals surface area contributed by atoms with Crippen LogP contribution in [0.3, 0.4) is 0 Å². The number of benzene rings is 8. The SMILES string of the molecule is [C-]#[N+]c1ccc(-c2cccc3c4cccc(-c5ccc(C#N)cc5C#N)c4n(-c4cccc5c4C(=O)N(c4c(-c6ccccc6)cccc4-c4ccccc4)C5=O)c23)c([N+]#[C-])c1. The molecule has 9 aromatic rings. The van der Waals surface area contributed by atoms with Gasteiger partial charge < -0.3 is 4.57 Å². The number of aromatic nitrogens is 1. The molecule has 2 amide bonds. The Labute approximate surface area is 356 Å². The Hall–Kier alpha value is -9.34. The smallest absolute Gasteiger partial charge is 0.268 e. The summed E-state index contributed by atoms with van der Waals surface area (Å²) in [6.07, 6.45) is 0. The Bertz CT molecular complexity index is 3370. The highest BCUT2D eigenvalue weighted by Gasteiger charge is 2.42. The minimum absolute atomic E-state index is 0.192. The zero-order valence-electron chi connectivity index (χ0n) is 32.7. The van der Waals surface area contributed by atoms with Gasteiger partial charge >= 0.3 is 0 Å². The summed E-state index contributed by atoms with van der Waals surface area (Å²) in [6.45, 7) is 15.8. The van der Waals surface area contributed by atoms with Gasteiger partial charge in [0.15, 0.2) is 11.4 Å². The van der Waals surface area contributed by atoms with Crippen molar-refractivity contribution in [1.29, 1.82) is 10.5 Å². The predicted molar refractivity (Wildman–Crippen MR) is 242 cm³/mol. The van der Waals surface area contributed by atoms with Crippen molar-refractivity contribution >= 4 is 50.7 Å². The van der Waals surface area contributed by atoms with Gasteiger partial charge in [-0.3, -0.25) is 9.59 Å². The van der Waals surface area contributed by atoms with Gasteiger partial charge in [-0.15, -0.1) is 0 Å². The van der Waals surface area contributed by atoms with Crippen molar-refractivity contribution in [3.05, 3.63) is 215 Å². The van der Waals surface area contributed by atoms with Crippen LogP contribution in [0.5, 0.6) is 0 Å². The number of fused-ring (bicyclic) bond motifs is 4. The number of carbonyl (C=O) groups is 2. The lowest BCUT2D eigenvalue weighted by molar-refractivity contribution is 0.0926. The van der Waals surface area contributed by atoms with Gasteiger partial charge in [0, 0.05) is 33.0 Å². The minimum atomic E-state index is -0.509. The fourth-order valence-corrected chi connectivity index (χ4v) is 8.78. The van der Waals surface area contributed by atoms with E-state index in [0.29, 0.717) is 72.6 Å². The van der Waals surface area contributed by atoms with Gasteiger partial charge in [0.05, 0.1) is 69.9 Å². The highest BCUT2D eigenvalue weighted by molar-refractivity contribution is 6.37. The average Bonchev–Trinajstić information content (AvgIpc) is 3.81. The van der Waals surface area contributed by atoms with E-state index in [1.165, 1.54) is 4.90 Å². The van der Waals surface area contributed by atoms with Crippen LogP contribution in [0.1, 0.15) is 31.8 Å². The molecule has 0 atom stereocenters. The van der Waals surface area contributed by atoms with Crippen molar-refractivity contribution in [3.8, 4) is 62.3 Å². The monoisotopic (exact) mass is 792 g/mol. The van der Waals surface area contributed by atoms with Gasteiger partial charge in [-0.2, -0.15) is 10.5 Å². The van der Waals surface area contributed by atoms with Gasteiger partial charge in [-0.1, -0.05) is 146 Å². The molecule has 0 spiro atoms. The van der Waals surface area contributed by atoms with Crippen LogP contribution >= 0.6 is 0 Å². The van der Waals surface area contributed by atoms with Crippen LogP contribution < -0.4 is 4.90 Å². The van der Waals surface area contributed by atoms with E-state index in [0.717, 1.165) is 21.9 Å². The van der Waals surface area contributed by atoms with Gasteiger partial charge in [0.1, 0.15) is 0 Å². The molecule has 2 heterocycles. The molecule has 0 radical (unpaired) electrons. The Balaban J connectivity index is 1.31. The van der Waals surface area contributed by atoms with Crippen molar-refractivity contribution in [2.45, 2.75) is 0 Å². The van der Waals surface area contributed by atoms with Crippen LogP contribution in [0.4, 0.5) is 17.1 Å². The van der Waals surface area contributed by atoms with Crippen molar-refractivity contribution in [1.82, 2.24) is 4.57 Å². The molecule has 0 saturated carbocycles. The Morgan fingerprint density at radius 1 is 0.484 bits per heavy atom. The second-order valence-corrected chi connectivity index (χ2v) is 14.7. The quantitative estimate of drug-likeness (QED) is 0.124. The highest BCUT2D eigenvalue weighted by Crippen LogP contribution is 2.48. The maximum Gasteiger partial charge on any atom is 0.268 e. The molecular formula is C54H28N6O2. The van der Waals surface area contributed by atoms with E-state index in [2.05, 4.69) is 21.8 Å². The molecule has 1 aliphatic heterocycles. The number of imide groups is 1. The number of nitriles is 2. The first-order valence-corrected chi connectivity index (χ1v) is 19.6. The average molecular weight is 793 g/mol. The zero-order valence-corrected chi connectivity index (χ0v) is 32.7. The first kappa shape index (κ1) is 37.0. The van der Waals surface area contributed by atoms with Crippen LogP contribution in [-0.4, -0.2) is 16.4 Å². The molecule has 8 heteroatoms. The molecule has 0 saturated heterocycles. The molecule has 0 N–H and O–H groups in total. The minimum Gasteiger partial charge on any atom is -0.307 e. The Morgan fingerprint density at radius 3 is 1.65 bits per heavy atom. The summed E-state index contributed by atoms with van der Waals surface area (Å²) >= 11 is 0. The summed E-state index contributed by atoms with van der Waals surface area (Å²) in [5.74, 6) is -0.983. The summed E-state index contributed by atoms with van der Waals surface area (Å²) in [5, 5.41) is 21.7. The highest BCUT2D eigenvalue weighted by atomic mass is 16.2. The predicted octanol–water partition coefficient (Wildman–Crippen LogP) is 13.1. The lowest BCUT2D eigenvalue weighted by atomic mass is 9.95. The van der Waals surface area contributed by atoms with Crippen molar-refractivity contribution in [3.63, 3.8) is 0 Å². The fourth-order valence-electron chi connectivity index (χ4n) is 8.78. The van der Waals surface area contributed by atoms with Crippen LogP contribution in [0.15, 0.2) is 170 Å². The Morgan fingerprint density at radius 2 is 1.05 bits per heavy atom. The Kier molecular flexibility index (Phi) is 8.82. The molecule has 0 bridgehead atoms. The molecule has 8 aromatic carbocycles. The third-order valence-corrected chi connectivity index (χ3v) is 11.5. The second kappa shape index (κ2) is 14.8.